The van der Waals surface area contributed by atoms with Crippen molar-refractivity contribution in [1.29, 1.82) is 0 Å². The number of Topliss-reactive ketones (excluding diaryl/α,β-unsaturated/α-hetero) is 1. The van der Waals surface area contributed by atoms with E-state index in [9.17, 15) is 18.0 Å². The Morgan fingerprint density at radius 2 is 1.72 bits per heavy atom. The summed E-state index contributed by atoms with van der Waals surface area (Å²) in [5.74, 6) is 0.566. The molecule has 2 bridgehead atoms. The maximum absolute atomic E-state index is 13.0. The Kier molecular flexibility index (Phi) is 7.63. The molecule has 6 rings (SSSR count). The van der Waals surface area contributed by atoms with E-state index < -0.39 is 19.5 Å². The smallest absolute Gasteiger partial charge is 0.406 e. The molecule has 0 amide bonds. The third-order valence-electron chi connectivity index (χ3n) is 9.48. The molecule has 1 saturated heterocycles. The fraction of sp³-hybridized carbons (Fsp3) is 0.567. The van der Waals surface area contributed by atoms with Crippen LogP contribution in [0.2, 0.25) is 5.82 Å². The monoisotopic (exact) mass is 543 g/mol. The number of ether oxygens (including phenoxy) is 1. The first-order valence-corrected chi connectivity index (χ1v) is 13.9. The largest absolute Gasteiger partial charge is 0.573 e. The van der Waals surface area contributed by atoms with Gasteiger partial charge in [-0.2, -0.15) is 0 Å². The zero-order valence-corrected chi connectivity index (χ0v) is 22.7. The molecule has 4 fully saturated rings. The summed E-state index contributed by atoms with van der Waals surface area (Å²) in [6, 6.07) is 15.0. The lowest BCUT2D eigenvalue weighted by molar-refractivity contribution is -0.274. The maximum Gasteiger partial charge on any atom is 0.573 e. The summed E-state index contributed by atoms with van der Waals surface area (Å²) in [5.41, 5.74) is 7.91. The van der Waals surface area contributed by atoms with E-state index in [0.717, 1.165) is 24.0 Å². The molecule has 3 saturated carbocycles. The van der Waals surface area contributed by atoms with Gasteiger partial charge in [-0.3, -0.25) is 4.79 Å². The Hall–Kier alpha value is -2.36. The van der Waals surface area contributed by atoms with Crippen LogP contribution in [0.3, 0.4) is 0 Å². The third-order valence-corrected chi connectivity index (χ3v) is 9.48. The van der Waals surface area contributed by atoms with E-state index in [2.05, 4.69) is 25.5 Å². The molecule has 5 nitrogen and oxygen atoms in total. The lowest BCUT2D eigenvalue weighted by atomic mass is 9.43. The normalized spacial score (nSPS) is 28.8. The highest BCUT2D eigenvalue weighted by Gasteiger charge is 2.68. The molecule has 2 aromatic rings. The van der Waals surface area contributed by atoms with Crippen LogP contribution in [-0.4, -0.2) is 37.0 Å². The fourth-order valence-corrected chi connectivity index (χ4v) is 7.06. The first-order valence-electron chi connectivity index (χ1n) is 13.9. The van der Waals surface area contributed by atoms with Crippen LogP contribution in [0.1, 0.15) is 57.6 Å². The van der Waals surface area contributed by atoms with Crippen LogP contribution < -0.4 is 10.5 Å². The predicted molar refractivity (Wildman–Crippen MR) is 143 cm³/mol. The molecular formula is C30H37BF3NO4. The minimum Gasteiger partial charge on any atom is -0.406 e. The van der Waals surface area contributed by atoms with Crippen molar-refractivity contribution in [3.05, 3.63) is 65.7 Å². The maximum atomic E-state index is 13.0. The molecule has 39 heavy (non-hydrogen) atoms. The second-order valence-corrected chi connectivity index (χ2v) is 12.3. The van der Waals surface area contributed by atoms with Crippen LogP contribution in [0.4, 0.5) is 13.2 Å². The molecule has 3 aliphatic carbocycles. The minimum atomic E-state index is -4.74. The van der Waals surface area contributed by atoms with Crippen LogP contribution in [-0.2, 0) is 26.9 Å². The summed E-state index contributed by atoms with van der Waals surface area (Å²) in [7, 11) is -0.501. The Balaban J connectivity index is 1.29. The van der Waals surface area contributed by atoms with Gasteiger partial charge in [0.2, 0.25) is 0 Å². The molecule has 1 aliphatic heterocycles. The van der Waals surface area contributed by atoms with Gasteiger partial charge in [0.25, 0.3) is 0 Å². The van der Waals surface area contributed by atoms with Crippen molar-refractivity contribution in [2.75, 3.05) is 0 Å². The highest BCUT2D eigenvalue weighted by Crippen LogP contribution is 2.66. The molecule has 6 atom stereocenters. The van der Waals surface area contributed by atoms with E-state index in [-0.39, 0.29) is 40.9 Å². The van der Waals surface area contributed by atoms with Crippen molar-refractivity contribution in [2.45, 2.75) is 89.2 Å². The van der Waals surface area contributed by atoms with Crippen LogP contribution in [0.15, 0.2) is 54.6 Å². The Morgan fingerprint density at radius 1 is 1.05 bits per heavy atom. The molecule has 1 heterocycles. The lowest BCUT2D eigenvalue weighted by Crippen LogP contribution is -2.65. The van der Waals surface area contributed by atoms with Crippen LogP contribution in [0.25, 0.3) is 0 Å². The highest BCUT2D eigenvalue weighted by molar-refractivity contribution is 6.47. The standard InChI is InChI=1S/C30H37BF3NO4/c1-28(2)21-17-26(28)29(3)27(18-21)38-31(39-29)22(15-20-9-12-23(13-10-20)37-30(32,33)34)11-14-25(36)24(35)16-19-7-5-4-6-8-19/h4-10,12-13,21-22,24,26-27H,11,14-18,35H2,1-3H3/t21?,22-,24-,26?,27?,29+/m0/s1. The van der Waals surface area contributed by atoms with Crippen molar-refractivity contribution in [3.63, 3.8) is 0 Å². The predicted octanol–water partition coefficient (Wildman–Crippen LogP) is 6.15. The summed E-state index contributed by atoms with van der Waals surface area (Å²) in [6.45, 7) is 6.76. The Labute approximate surface area is 228 Å². The summed E-state index contributed by atoms with van der Waals surface area (Å²) in [4.78, 5) is 13.0. The molecule has 9 heteroatoms. The van der Waals surface area contributed by atoms with Gasteiger partial charge in [0.15, 0.2) is 0 Å². The topological polar surface area (TPSA) is 70.8 Å². The zero-order chi connectivity index (χ0) is 28.0. The summed E-state index contributed by atoms with van der Waals surface area (Å²) in [6.07, 6.45) is -0.905. The number of ketones is 1. The fourth-order valence-electron chi connectivity index (χ4n) is 7.06. The first kappa shape index (κ1) is 28.2. The zero-order valence-electron chi connectivity index (χ0n) is 22.7. The molecule has 0 radical (unpaired) electrons. The van der Waals surface area contributed by atoms with E-state index in [1.54, 1.807) is 12.1 Å². The number of hydrogen-bond donors (Lipinski definition) is 1. The molecule has 0 spiro atoms. The number of nitrogens with two attached hydrogens (primary N) is 1. The van der Waals surface area contributed by atoms with Crippen molar-refractivity contribution in [2.24, 2.45) is 23.0 Å². The lowest BCUT2D eigenvalue weighted by Gasteiger charge is -2.64. The van der Waals surface area contributed by atoms with Gasteiger partial charge in [0, 0.05) is 6.42 Å². The molecule has 2 aromatic carbocycles. The number of alkyl halides is 3. The van der Waals surface area contributed by atoms with E-state index >= 15 is 0 Å². The Morgan fingerprint density at radius 3 is 2.36 bits per heavy atom. The van der Waals surface area contributed by atoms with Crippen LogP contribution >= 0.6 is 0 Å². The van der Waals surface area contributed by atoms with Gasteiger partial charge in [-0.25, -0.2) is 0 Å². The highest BCUT2D eigenvalue weighted by atomic mass is 19.4. The Bertz CT molecular complexity index is 1160. The van der Waals surface area contributed by atoms with Crippen LogP contribution in [0.5, 0.6) is 5.75 Å². The second kappa shape index (κ2) is 10.6. The molecule has 0 aromatic heterocycles. The third kappa shape index (κ3) is 5.91. The van der Waals surface area contributed by atoms with E-state index in [4.69, 9.17) is 15.0 Å². The molecule has 2 N–H and O–H groups in total. The van der Waals surface area contributed by atoms with E-state index in [0.29, 0.717) is 31.1 Å². The number of benzene rings is 2. The number of halogens is 3. The van der Waals surface area contributed by atoms with Gasteiger partial charge < -0.3 is 19.8 Å². The average Bonchev–Trinajstić information content (AvgIpc) is 3.24. The van der Waals surface area contributed by atoms with Crippen molar-refractivity contribution in [3.8, 4) is 5.75 Å². The molecular weight excluding hydrogens is 506 g/mol. The minimum absolute atomic E-state index is 0.000348. The van der Waals surface area contributed by atoms with Gasteiger partial charge in [0.1, 0.15) is 11.5 Å². The number of rotatable bonds is 10. The van der Waals surface area contributed by atoms with Gasteiger partial charge in [-0.05, 0) is 85.4 Å². The first-order chi connectivity index (χ1) is 18.3. The summed E-state index contributed by atoms with van der Waals surface area (Å²) < 4.78 is 55.1. The molecule has 3 unspecified atom stereocenters. The van der Waals surface area contributed by atoms with Gasteiger partial charge >= 0.3 is 13.5 Å². The van der Waals surface area contributed by atoms with E-state index in [1.807, 2.05) is 30.3 Å². The van der Waals surface area contributed by atoms with Gasteiger partial charge in [0.05, 0.1) is 17.7 Å². The number of carbonyl (C=O) groups is 1. The quantitative estimate of drug-likeness (QED) is 0.365. The van der Waals surface area contributed by atoms with Crippen molar-refractivity contribution in [1.82, 2.24) is 0 Å². The van der Waals surface area contributed by atoms with Crippen molar-refractivity contribution < 1.29 is 32.0 Å². The molecule has 210 valence electrons. The van der Waals surface area contributed by atoms with E-state index in [1.165, 1.54) is 12.1 Å². The van der Waals surface area contributed by atoms with Crippen LogP contribution in [0, 0.1) is 17.3 Å². The SMILES string of the molecule is CC1(C)C2CC3OB([C@@H](CCC(=O)[C@@H](N)Cc4ccccc4)Cc4ccc(OC(F)(F)F)cc4)O[C@]3(C)C1C2. The second-order valence-electron chi connectivity index (χ2n) is 12.3. The average molecular weight is 543 g/mol. The number of carbonyl (C=O) groups excluding carboxylic acids is 1. The number of hydrogen-bond acceptors (Lipinski definition) is 5. The summed E-state index contributed by atoms with van der Waals surface area (Å²) in [5, 5.41) is 0. The van der Waals surface area contributed by atoms with Crippen molar-refractivity contribution >= 4 is 12.9 Å². The summed E-state index contributed by atoms with van der Waals surface area (Å²) >= 11 is 0. The molecule has 4 aliphatic rings. The van der Waals surface area contributed by atoms with Gasteiger partial charge in [-0.1, -0.05) is 56.3 Å². The van der Waals surface area contributed by atoms with Gasteiger partial charge in [-0.15, -0.1) is 13.2 Å².